The van der Waals surface area contributed by atoms with Gasteiger partial charge < -0.3 is 14.3 Å². The summed E-state index contributed by atoms with van der Waals surface area (Å²) in [4.78, 5) is 15.7. The average Bonchev–Trinajstić information content (AvgIpc) is 3.26. The molecule has 0 saturated heterocycles. The van der Waals surface area contributed by atoms with Gasteiger partial charge >= 0.3 is 0 Å². The number of aromatic amines is 1. The molecule has 5 heteroatoms. The minimum absolute atomic E-state index is 0.00856. The smallest absolute Gasteiger partial charge is 0.274 e. The lowest BCUT2D eigenvalue weighted by Crippen LogP contribution is -2.16. The Hall–Kier alpha value is -2.92. The zero-order valence-electron chi connectivity index (χ0n) is 18.5. The minimum atomic E-state index is -0.00856. The van der Waals surface area contributed by atoms with E-state index in [2.05, 4.69) is 72.9 Å². The van der Waals surface area contributed by atoms with Gasteiger partial charge in [0.05, 0.1) is 0 Å². The van der Waals surface area contributed by atoms with E-state index in [9.17, 15) is 4.79 Å². The number of aryl methyl sites for hydroxylation is 1. The summed E-state index contributed by atoms with van der Waals surface area (Å²) in [5, 5.41) is 0.959. The van der Waals surface area contributed by atoms with Gasteiger partial charge in [0.1, 0.15) is 5.52 Å². The van der Waals surface area contributed by atoms with E-state index in [-0.39, 0.29) is 5.56 Å². The SMILES string of the molecule is CCSNc1ccc(Cc2cccc(C(C)C)c2)c(-c2cn(C)c(=O)c3[nH]ccc23)c1. The van der Waals surface area contributed by atoms with Crippen molar-refractivity contribution in [3.05, 3.63) is 88.0 Å². The minimum Gasteiger partial charge on any atom is -0.357 e. The van der Waals surface area contributed by atoms with E-state index in [1.165, 1.54) is 16.7 Å². The van der Waals surface area contributed by atoms with Crippen molar-refractivity contribution in [2.75, 3.05) is 10.5 Å². The Bertz CT molecular complexity index is 1270. The van der Waals surface area contributed by atoms with E-state index >= 15 is 0 Å². The molecule has 0 amide bonds. The Kier molecular flexibility index (Phi) is 6.23. The van der Waals surface area contributed by atoms with Crippen LogP contribution in [0.1, 0.15) is 43.4 Å². The summed E-state index contributed by atoms with van der Waals surface area (Å²) in [6.45, 7) is 6.58. The van der Waals surface area contributed by atoms with Crippen LogP contribution in [0.4, 0.5) is 5.69 Å². The molecule has 2 heterocycles. The number of hydrogen-bond acceptors (Lipinski definition) is 3. The molecule has 0 fully saturated rings. The molecule has 0 atom stereocenters. The molecular formula is C26H29N3OS. The van der Waals surface area contributed by atoms with Gasteiger partial charge in [-0.05, 0) is 52.8 Å². The Balaban J connectivity index is 1.86. The highest BCUT2D eigenvalue weighted by Gasteiger charge is 2.15. The van der Waals surface area contributed by atoms with E-state index < -0.39 is 0 Å². The van der Waals surface area contributed by atoms with Crippen molar-refractivity contribution in [1.29, 1.82) is 0 Å². The second kappa shape index (κ2) is 9.06. The monoisotopic (exact) mass is 431 g/mol. The first-order chi connectivity index (χ1) is 15.0. The molecule has 0 aliphatic rings. The fourth-order valence-electron chi connectivity index (χ4n) is 3.97. The molecule has 2 aromatic carbocycles. The first kappa shape index (κ1) is 21.3. The highest BCUT2D eigenvalue weighted by Crippen LogP contribution is 2.33. The van der Waals surface area contributed by atoms with Gasteiger partial charge in [0.25, 0.3) is 5.56 Å². The number of nitrogens with zero attached hydrogens (tertiary/aromatic N) is 1. The average molecular weight is 432 g/mol. The number of anilines is 1. The molecule has 0 radical (unpaired) electrons. The molecule has 2 aromatic heterocycles. The van der Waals surface area contributed by atoms with Gasteiger partial charge in [0.2, 0.25) is 0 Å². The summed E-state index contributed by atoms with van der Waals surface area (Å²) in [6, 6.07) is 17.4. The molecule has 0 saturated carbocycles. The van der Waals surface area contributed by atoms with E-state index in [1.54, 1.807) is 16.5 Å². The van der Waals surface area contributed by atoms with Gasteiger partial charge in [-0.2, -0.15) is 0 Å². The lowest BCUT2D eigenvalue weighted by Gasteiger charge is -2.16. The van der Waals surface area contributed by atoms with E-state index in [1.807, 2.05) is 25.5 Å². The molecule has 31 heavy (non-hydrogen) atoms. The van der Waals surface area contributed by atoms with Crippen LogP contribution in [0.5, 0.6) is 0 Å². The quantitative estimate of drug-likeness (QED) is 0.336. The first-order valence-corrected chi connectivity index (χ1v) is 11.7. The van der Waals surface area contributed by atoms with Crippen molar-refractivity contribution in [3.8, 4) is 11.1 Å². The fourth-order valence-corrected chi connectivity index (χ4v) is 4.40. The van der Waals surface area contributed by atoms with Crippen molar-refractivity contribution in [2.45, 2.75) is 33.1 Å². The third kappa shape index (κ3) is 4.42. The predicted octanol–water partition coefficient (Wildman–Crippen LogP) is 6.33. The van der Waals surface area contributed by atoms with E-state index in [0.717, 1.165) is 34.4 Å². The molecular weight excluding hydrogens is 402 g/mol. The molecule has 4 aromatic rings. The molecule has 4 rings (SSSR count). The van der Waals surface area contributed by atoms with Crippen molar-refractivity contribution < 1.29 is 0 Å². The van der Waals surface area contributed by atoms with Crippen LogP contribution in [0.3, 0.4) is 0 Å². The molecule has 4 nitrogen and oxygen atoms in total. The Morgan fingerprint density at radius 1 is 1.10 bits per heavy atom. The van der Waals surface area contributed by atoms with Gasteiger partial charge in [0, 0.05) is 41.8 Å². The van der Waals surface area contributed by atoms with Gasteiger partial charge in [-0.15, -0.1) is 0 Å². The number of fused-ring (bicyclic) bond motifs is 1. The fraction of sp³-hybridized carbons (Fsp3) is 0.269. The summed E-state index contributed by atoms with van der Waals surface area (Å²) < 4.78 is 5.09. The summed E-state index contributed by atoms with van der Waals surface area (Å²) in [5.74, 6) is 1.49. The maximum atomic E-state index is 12.6. The van der Waals surface area contributed by atoms with Crippen LogP contribution in [-0.4, -0.2) is 15.3 Å². The predicted molar refractivity (Wildman–Crippen MR) is 134 cm³/mol. The summed E-state index contributed by atoms with van der Waals surface area (Å²) in [5.41, 5.74) is 7.82. The lowest BCUT2D eigenvalue weighted by molar-refractivity contribution is 0.863. The summed E-state index contributed by atoms with van der Waals surface area (Å²) >= 11 is 1.68. The Labute approximate surface area is 187 Å². The van der Waals surface area contributed by atoms with Gasteiger partial charge in [-0.1, -0.05) is 63.1 Å². The van der Waals surface area contributed by atoms with Crippen LogP contribution in [0.25, 0.3) is 22.0 Å². The maximum Gasteiger partial charge on any atom is 0.274 e. The largest absolute Gasteiger partial charge is 0.357 e. The number of rotatable bonds is 7. The summed E-state index contributed by atoms with van der Waals surface area (Å²) in [7, 11) is 1.81. The van der Waals surface area contributed by atoms with Crippen LogP contribution >= 0.6 is 11.9 Å². The second-order valence-corrected chi connectivity index (χ2v) is 9.28. The zero-order chi connectivity index (χ0) is 22.0. The molecule has 160 valence electrons. The molecule has 0 bridgehead atoms. The number of aromatic nitrogens is 2. The third-order valence-electron chi connectivity index (χ3n) is 5.64. The molecule has 0 aliphatic carbocycles. The van der Waals surface area contributed by atoms with E-state index in [4.69, 9.17) is 0 Å². The van der Waals surface area contributed by atoms with Gasteiger partial charge in [-0.3, -0.25) is 4.79 Å². The topological polar surface area (TPSA) is 49.8 Å². The normalized spacial score (nSPS) is 11.4. The number of benzene rings is 2. The highest BCUT2D eigenvalue weighted by atomic mass is 32.2. The molecule has 0 aliphatic heterocycles. The van der Waals surface area contributed by atoms with E-state index in [0.29, 0.717) is 11.4 Å². The van der Waals surface area contributed by atoms with Crippen LogP contribution in [0, 0.1) is 0 Å². The highest BCUT2D eigenvalue weighted by molar-refractivity contribution is 8.00. The molecule has 0 spiro atoms. The van der Waals surface area contributed by atoms with Gasteiger partial charge in [-0.25, -0.2) is 0 Å². The number of nitrogens with one attached hydrogen (secondary N) is 2. The number of pyridine rings is 1. The first-order valence-electron chi connectivity index (χ1n) is 10.7. The second-order valence-electron chi connectivity index (χ2n) is 8.21. The maximum absolute atomic E-state index is 12.6. The Morgan fingerprint density at radius 2 is 1.94 bits per heavy atom. The summed E-state index contributed by atoms with van der Waals surface area (Å²) in [6.07, 6.45) is 4.64. The van der Waals surface area contributed by atoms with Crippen molar-refractivity contribution in [1.82, 2.24) is 9.55 Å². The number of H-pyrrole nitrogens is 1. The van der Waals surface area contributed by atoms with Crippen LogP contribution < -0.4 is 10.3 Å². The molecule has 2 N–H and O–H groups in total. The van der Waals surface area contributed by atoms with Crippen LogP contribution in [-0.2, 0) is 13.5 Å². The molecule has 0 unspecified atom stereocenters. The van der Waals surface area contributed by atoms with Crippen LogP contribution in [0.15, 0.2) is 65.7 Å². The van der Waals surface area contributed by atoms with Crippen molar-refractivity contribution >= 4 is 28.5 Å². The lowest BCUT2D eigenvalue weighted by atomic mass is 9.92. The van der Waals surface area contributed by atoms with Crippen LogP contribution in [0.2, 0.25) is 0 Å². The Morgan fingerprint density at radius 3 is 2.71 bits per heavy atom. The van der Waals surface area contributed by atoms with Gasteiger partial charge in [0.15, 0.2) is 0 Å². The standard InChI is InChI=1S/C26H29N3OS/c1-5-31-28-21-10-9-20(14-18-7-6-8-19(13-18)17(2)3)23(15-21)24-16-29(4)26(30)25-22(24)11-12-27-25/h6-13,15-17,27-28H,5,14H2,1-4H3. The number of hydrogen-bond donors (Lipinski definition) is 2. The van der Waals surface area contributed by atoms with Crippen molar-refractivity contribution in [3.63, 3.8) is 0 Å². The zero-order valence-corrected chi connectivity index (χ0v) is 19.3. The third-order valence-corrected chi connectivity index (χ3v) is 6.31. The van der Waals surface area contributed by atoms with Crippen molar-refractivity contribution in [2.24, 2.45) is 7.05 Å².